The Hall–Kier alpha value is -2.62. The van der Waals surface area contributed by atoms with E-state index in [-0.39, 0.29) is 28.8 Å². The number of carbonyl (C=O) groups is 1. The molecule has 7 nitrogen and oxygen atoms in total. The van der Waals surface area contributed by atoms with Crippen LogP contribution in [0.4, 0.5) is 20.4 Å². The molecule has 132 valence electrons. The summed E-state index contributed by atoms with van der Waals surface area (Å²) in [6.07, 6.45) is 1.69. The summed E-state index contributed by atoms with van der Waals surface area (Å²) in [5, 5.41) is 5.28. The fourth-order valence-corrected chi connectivity index (χ4v) is 4.09. The second-order valence-electron chi connectivity index (χ2n) is 5.59. The summed E-state index contributed by atoms with van der Waals surface area (Å²) in [7, 11) is -3.11. The number of nitrogens with zero attached hydrogens (tertiary/aromatic N) is 2. The van der Waals surface area contributed by atoms with E-state index >= 15 is 0 Å². The second-order valence-corrected chi connectivity index (χ2v) is 7.82. The predicted octanol–water partition coefficient (Wildman–Crippen LogP) is 1.42. The van der Waals surface area contributed by atoms with Crippen LogP contribution < -0.4 is 10.6 Å². The van der Waals surface area contributed by atoms with Crippen LogP contribution in [-0.4, -0.2) is 41.8 Å². The van der Waals surface area contributed by atoms with Crippen LogP contribution >= 0.6 is 0 Å². The van der Waals surface area contributed by atoms with Gasteiger partial charge in [-0.3, -0.25) is 4.79 Å². The molecule has 0 radical (unpaired) electrons. The lowest BCUT2D eigenvalue weighted by Gasteiger charge is -2.11. The van der Waals surface area contributed by atoms with E-state index in [0.29, 0.717) is 6.42 Å². The van der Waals surface area contributed by atoms with Crippen LogP contribution in [0.3, 0.4) is 0 Å². The van der Waals surface area contributed by atoms with Crippen molar-refractivity contribution < 1.29 is 22.0 Å². The van der Waals surface area contributed by atoms with Gasteiger partial charge in [0.1, 0.15) is 5.69 Å². The third-order valence-corrected chi connectivity index (χ3v) is 5.40. The van der Waals surface area contributed by atoms with Crippen LogP contribution in [0.1, 0.15) is 16.9 Å². The predicted molar refractivity (Wildman–Crippen MR) is 86.2 cm³/mol. The lowest BCUT2D eigenvalue weighted by Crippen LogP contribution is -2.36. The van der Waals surface area contributed by atoms with Gasteiger partial charge in [-0.05, 0) is 24.6 Å². The Morgan fingerprint density at radius 3 is 2.68 bits per heavy atom. The van der Waals surface area contributed by atoms with Gasteiger partial charge in [0, 0.05) is 24.0 Å². The van der Waals surface area contributed by atoms with Crippen LogP contribution in [-0.2, 0) is 9.84 Å². The first-order chi connectivity index (χ1) is 11.8. The Morgan fingerprint density at radius 1 is 1.20 bits per heavy atom. The molecular formula is C15H14F2N4O3S. The van der Waals surface area contributed by atoms with Crippen molar-refractivity contribution in [3.63, 3.8) is 0 Å². The maximum Gasteiger partial charge on any atom is 0.270 e. The van der Waals surface area contributed by atoms with Crippen molar-refractivity contribution in [1.82, 2.24) is 15.3 Å². The van der Waals surface area contributed by atoms with Crippen molar-refractivity contribution in [1.29, 1.82) is 0 Å². The molecule has 2 N–H and O–H groups in total. The molecule has 1 aliphatic rings. The van der Waals surface area contributed by atoms with E-state index in [1.165, 1.54) is 18.3 Å². The number of sulfone groups is 1. The first-order valence-corrected chi connectivity index (χ1v) is 9.21. The maximum atomic E-state index is 13.2. The van der Waals surface area contributed by atoms with E-state index in [1.54, 1.807) is 0 Å². The number of nitrogens with one attached hydrogen (secondary N) is 2. The summed E-state index contributed by atoms with van der Waals surface area (Å²) in [6.45, 7) is 0. The number of anilines is 2. The fourth-order valence-electron chi connectivity index (χ4n) is 2.42. The topological polar surface area (TPSA) is 101 Å². The minimum atomic E-state index is -3.11. The molecule has 0 spiro atoms. The molecule has 0 saturated carbocycles. The minimum Gasteiger partial charge on any atom is -0.347 e. The summed E-state index contributed by atoms with van der Waals surface area (Å²) in [4.78, 5) is 20.1. The van der Waals surface area contributed by atoms with Crippen molar-refractivity contribution in [3.8, 4) is 0 Å². The zero-order valence-electron chi connectivity index (χ0n) is 12.9. The monoisotopic (exact) mass is 368 g/mol. The van der Waals surface area contributed by atoms with Gasteiger partial charge in [-0.15, -0.1) is 0 Å². The molecule has 1 atom stereocenters. The van der Waals surface area contributed by atoms with E-state index in [4.69, 9.17) is 0 Å². The normalized spacial score (nSPS) is 18.7. The molecule has 1 amide bonds. The van der Waals surface area contributed by atoms with E-state index < -0.39 is 33.4 Å². The summed E-state index contributed by atoms with van der Waals surface area (Å²) in [5.74, 6) is -2.56. The molecule has 0 aliphatic carbocycles. The highest BCUT2D eigenvalue weighted by Crippen LogP contribution is 2.17. The molecule has 1 fully saturated rings. The van der Waals surface area contributed by atoms with E-state index in [1.807, 2.05) is 0 Å². The highest BCUT2D eigenvalue weighted by atomic mass is 32.2. The second kappa shape index (κ2) is 6.71. The number of halogens is 2. The molecule has 3 rings (SSSR count). The number of hydrogen-bond donors (Lipinski definition) is 2. The zero-order valence-corrected chi connectivity index (χ0v) is 13.7. The average molecular weight is 368 g/mol. The number of aromatic nitrogens is 2. The number of rotatable bonds is 4. The Labute approximate surface area is 142 Å². The summed E-state index contributed by atoms with van der Waals surface area (Å²) < 4.78 is 49.0. The molecular weight excluding hydrogens is 354 g/mol. The van der Waals surface area contributed by atoms with Gasteiger partial charge in [-0.25, -0.2) is 27.2 Å². The van der Waals surface area contributed by atoms with Crippen LogP contribution in [0, 0.1) is 11.6 Å². The van der Waals surface area contributed by atoms with Crippen molar-refractivity contribution in [2.75, 3.05) is 16.8 Å². The van der Waals surface area contributed by atoms with Crippen molar-refractivity contribution in [2.45, 2.75) is 12.5 Å². The molecule has 1 aromatic carbocycles. The van der Waals surface area contributed by atoms with Gasteiger partial charge in [0.2, 0.25) is 5.95 Å². The summed E-state index contributed by atoms with van der Waals surface area (Å²) in [6, 6.07) is 4.12. The molecule has 2 aromatic rings. The lowest BCUT2D eigenvalue weighted by atomic mass is 10.2. The number of amides is 1. The number of hydrogen-bond acceptors (Lipinski definition) is 6. The van der Waals surface area contributed by atoms with Crippen LogP contribution in [0.2, 0.25) is 0 Å². The van der Waals surface area contributed by atoms with Crippen LogP contribution in [0.15, 0.2) is 30.5 Å². The molecule has 0 bridgehead atoms. The van der Waals surface area contributed by atoms with Gasteiger partial charge < -0.3 is 10.6 Å². The standard InChI is InChI=1S/C15H14F2N4O3S/c16-11-2-1-9(7-12(11)17)20-15-18-5-3-13(21-15)14(22)19-10-4-6-25(23,24)8-10/h1-3,5,7,10H,4,6,8H2,(H,19,22)(H,18,20,21). The van der Waals surface area contributed by atoms with Crippen LogP contribution in [0.5, 0.6) is 0 Å². The van der Waals surface area contributed by atoms with E-state index in [0.717, 1.165) is 12.1 Å². The average Bonchev–Trinajstić information content (AvgIpc) is 2.90. The summed E-state index contributed by atoms with van der Waals surface area (Å²) >= 11 is 0. The summed E-state index contributed by atoms with van der Waals surface area (Å²) in [5.41, 5.74) is 0.253. The zero-order chi connectivity index (χ0) is 18.0. The molecule has 1 saturated heterocycles. The quantitative estimate of drug-likeness (QED) is 0.846. The van der Waals surface area contributed by atoms with Gasteiger partial charge in [-0.1, -0.05) is 0 Å². The van der Waals surface area contributed by atoms with Gasteiger partial charge in [-0.2, -0.15) is 0 Å². The third-order valence-electron chi connectivity index (χ3n) is 3.63. The van der Waals surface area contributed by atoms with Gasteiger partial charge >= 0.3 is 0 Å². The minimum absolute atomic E-state index is 0.0256. The molecule has 25 heavy (non-hydrogen) atoms. The lowest BCUT2D eigenvalue weighted by molar-refractivity contribution is 0.0936. The van der Waals surface area contributed by atoms with Gasteiger partial charge in [0.25, 0.3) is 5.91 Å². The molecule has 1 aromatic heterocycles. The third kappa shape index (κ3) is 4.27. The van der Waals surface area contributed by atoms with E-state index in [9.17, 15) is 22.0 Å². The molecule has 2 heterocycles. The first-order valence-electron chi connectivity index (χ1n) is 7.39. The number of benzene rings is 1. The smallest absolute Gasteiger partial charge is 0.270 e. The Balaban J connectivity index is 1.70. The number of carbonyl (C=O) groups excluding carboxylic acids is 1. The fraction of sp³-hybridized carbons (Fsp3) is 0.267. The highest BCUT2D eigenvalue weighted by molar-refractivity contribution is 7.91. The Kier molecular flexibility index (Phi) is 4.62. The highest BCUT2D eigenvalue weighted by Gasteiger charge is 2.29. The molecule has 1 aliphatic heterocycles. The van der Waals surface area contributed by atoms with E-state index in [2.05, 4.69) is 20.6 Å². The van der Waals surface area contributed by atoms with Gasteiger partial charge in [0.05, 0.1) is 11.5 Å². The Bertz CT molecular complexity index is 921. The van der Waals surface area contributed by atoms with Crippen LogP contribution in [0.25, 0.3) is 0 Å². The maximum absolute atomic E-state index is 13.2. The SMILES string of the molecule is O=C(NC1CCS(=O)(=O)C1)c1ccnc(Nc2ccc(F)c(F)c2)n1. The van der Waals surface area contributed by atoms with Crippen molar-refractivity contribution >= 4 is 27.4 Å². The molecule has 1 unspecified atom stereocenters. The first kappa shape index (κ1) is 17.2. The largest absolute Gasteiger partial charge is 0.347 e. The van der Waals surface area contributed by atoms with Crippen molar-refractivity contribution in [3.05, 3.63) is 47.8 Å². The Morgan fingerprint density at radius 2 is 2.00 bits per heavy atom. The van der Waals surface area contributed by atoms with Gasteiger partial charge in [0.15, 0.2) is 21.5 Å². The molecule has 10 heteroatoms. The van der Waals surface area contributed by atoms with Crippen molar-refractivity contribution in [2.24, 2.45) is 0 Å².